The molecule has 0 saturated carbocycles. The second kappa shape index (κ2) is 5.43. The number of carboxylic acid groups (broad SMARTS) is 1. The number of carbonyl (C=O) groups is 1. The zero-order valence-electron chi connectivity index (χ0n) is 11.3. The van der Waals surface area contributed by atoms with Gasteiger partial charge in [-0.25, -0.2) is 0 Å². The molecule has 1 saturated heterocycles. The van der Waals surface area contributed by atoms with E-state index in [1.807, 2.05) is 38.1 Å². The van der Waals surface area contributed by atoms with Crippen molar-refractivity contribution >= 4 is 17.7 Å². The van der Waals surface area contributed by atoms with Crippen molar-refractivity contribution < 1.29 is 14.6 Å². The average Bonchev–Trinajstić information content (AvgIpc) is 2.65. The van der Waals surface area contributed by atoms with Gasteiger partial charge in [-0.15, -0.1) is 11.8 Å². The Kier molecular flexibility index (Phi) is 4.06. The van der Waals surface area contributed by atoms with Crippen LogP contribution in [0.15, 0.2) is 24.3 Å². The number of rotatable bonds is 4. The summed E-state index contributed by atoms with van der Waals surface area (Å²) in [6.07, 6.45) is 0.807. The summed E-state index contributed by atoms with van der Waals surface area (Å²) in [5, 5.41) is 12.5. The van der Waals surface area contributed by atoms with E-state index in [0.29, 0.717) is 0 Å². The molecule has 1 heterocycles. The van der Waals surface area contributed by atoms with E-state index in [-0.39, 0.29) is 10.1 Å². The first kappa shape index (κ1) is 14.2. The van der Waals surface area contributed by atoms with E-state index >= 15 is 0 Å². The van der Waals surface area contributed by atoms with E-state index in [4.69, 9.17) is 4.74 Å². The molecular weight excluding hydrogens is 262 g/mol. The van der Waals surface area contributed by atoms with Gasteiger partial charge in [0.1, 0.15) is 11.8 Å². The molecule has 1 aliphatic rings. The highest BCUT2D eigenvalue weighted by Gasteiger charge is 2.44. The third-order valence-electron chi connectivity index (χ3n) is 3.32. The predicted molar refractivity (Wildman–Crippen MR) is 76.7 cm³/mol. The Balaban J connectivity index is 2.02. The van der Waals surface area contributed by atoms with Gasteiger partial charge >= 0.3 is 5.97 Å². The molecule has 2 rings (SSSR count). The summed E-state index contributed by atoms with van der Waals surface area (Å²) in [6, 6.07) is 7.38. The fourth-order valence-electron chi connectivity index (χ4n) is 2.30. The monoisotopic (exact) mass is 281 g/mol. The molecule has 0 bridgehead atoms. The number of aliphatic carboxylic acids is 1. The van der Waals surface area contributed by atoms with Gasteiger partial charge in [0.2, 0.25) is 0 Å². The fraction of sp³-hybridized carbons (Fsp3) is 0.500. The third kappa shape index (κ3) is 3.22. The molecule has 104 valence electrons. The molecular formula is C14H19NO3S. The van der Waals surface area contributed by atoms with Crippen LogP contribution in [0.1, 0.15) is 19.4 Å². The summed E-state index contributed by atoms with van der Waals surface area (Å²) in [6.45, 7) is 3.94. The molecule has 2 atom stereocenters. The molecule has 0 spiro atoms. The van der Waals surface area contributed by atoms with Crippen LogP contribution in [0.25, 0.3) is 0 Å². The number of hydrogen-bond acceptors (Lipinski definition) is 4. The molecule has 2 N–H and O–H groups in total. The zero-order valence-corrected chi connectivity index (χ0v) is 12.2. The minimum atomic E-state index is -0.783. The summed E-state index contributed by atoms with van der Waals surface area (Å²) in [5.74, 6) is 0.0502. The van der Waals surface area contributed by atoms with E-state index in [1.165, 1.54) is 5.56 Å². The van der Waals surface area contributed by atoms with Gasteiger partial charge in [-0.05, 0) is 38.0 Å². The molecule has 0 aromatic heterocycles. The number of carboxylic acids is 1. The number of nitrogens with one attached hydrogen (secondary N) is 1. The Labute approximate surface area is 117 Å². The molecule has 0 radical (unpaired) electrons. The van der Waals surface area contributed by atoms with E-state index < -0.39 is 12.0 Å². The predicted octanol–water partition coefficient (Wildman–Crippen LogP) is 2.13. The maximum absolute atomic E-state index is 11.2. The molecule has 2 unspecified atom stereocenters. The minimum absolute atomic E-state index is 0.129. The van der Waals surface area contributed by atoms with Crippen LogP contribution in [0.2, 0.25) is 0 Å². The number of benzene rings is 1. The first-order valence-corrected chi connectivity index (χ1v) is 7.10. The van der Waals surface area contributed by atoms with E-state index in [0.717, 1.165) is 12.2 Å². The van der Waals surface area contributed by atoms with Crippen LogP contribution in [-0.4, -0.2) is 34.3 Å². The summed E-state index contributed by atoms with van der Waals surface area (Å²) < 4.78 is 4.83. The van der Waals surface area contributed by atoms with Gasteiger partial charge in [0, 0.05) is 4.75 Å². The van der Waals surface area contributed by atoms with Gasteiger partial charge in [-0.1, -0.05) is 12.1 Å². The second-order valence-electron chi connectivity index (χ2n) is 5.20. The van der Waals surface area contributed by atoms with E-state index in [1.54, 1.807) is 18.9 Å². The van der Waals surface area contributed by atoms with Gasteiger partial charge in [-0.2, -0.15) is 0 Å². The van der Waals surface area contributed by atoms with E-state index in [2.05, 4.69) is 5.32 Å². The van der Waals surface area contributed by atoms with Crippen molar-refractivity contribution in [3.63, 3.8) is 0 Å². The highest BCUT2D eigenvalue weighted by Crippen LogP contribution is 2.39. The summed E-state index contributed by atoms with van der Waals surface area (Å²) in [5.41, 5.74) is 1.17. The largest absolute Gasteiger partial charge is 0.497 e. The Bertz CT molecular complexity index is 458. The van der Waals surface area contributed by atoms with Crippen molar-refractivity contribution in [2.75, 3.05) is 7.11 Å². The normalized spacial score (nSPS) is 25.2. The lowest BCUT2D eigenvalue weighted by Crippen LogP contribution is -2.44. The van der Waals surface area contributed by atoms with E-state index in [9.17, 15) is 9.90 Å². The second-order valence-corrected chi connectivity index (χ2v) is 7.06. The fourth-order valence-corrected chi connectivity index (χ4v) is 3.82. The SMILES string of the molecule is COc1ccc(CC2NC(C(=O)O)C(C)(C)S2)cc1. The molecule has 1 fully saturated rings. The summed E-state index contributed by atoms with van der Waals surface area (Å²) in [4.78, 5) is 11.2. The smallest absolute Gasteiger partial charge is 0.322 e. The molecule has 0 amide bonds. The molecule has 5 heteroatoms. The number of hydrogen-bond donors (Lipinski definition) is 2. The van der Waals surface area contributed by atoms with Gasteiger partial charge in [0.05, 0.1) is 12.5 Å². The maximum atomic E-state index is 11.2. The summed E-state index contributed by atoms with van der Waals surface area (Å²) >= 11 is 1.69. The number of methoxy groups -OCH3 is 1. The van der Waals surface area contributed by atoms with Crippen molar-refractivity contribution in [1.82, 2.24) is 5.32 Å². The zero-order chi connectivity index (χ0) is 14.0. The first-order valence-electron chi connectivity index (χ1n) is 6.22. The highest BCUT2D eigenvalue weighted by atomic mass is 32.2. The van der Waals surface area contributed by atoms with Crippen molar-refractivity contribution in [3.05, 3.63) is 29.8 Å². The molecule has 1 aliphatic heterocycles. The van der Waals surface area contributed by atoms with Crippen LogP contribution in [0.4, 0.5) is 0 Å². The van der Waals surface area contributed by atoms with Crippen LogP contribution in [0, 0.1) is 0 Å². The Morgan fingerprint density at radius 3 is 2.53 bits per heavy atom. The lowest BCUT2D eigenvalue weighted by Gasteiger charge is -2.20. The average molecular weight is 281 g/mol. The van der Waals surface area contributed by atoms with Crippen LogP contribution in [0.3, 0.4) is 0 Å². The topological polar surface area (TPSA) is 58.6 Å². The molecule has 4 nitrogen and oxygen atoms in total. The van der Waals surface area contributed by atoms with Gasteiger partial charge in [0.25, 0.3) is 0 Å². The first-order chi connectivity index (χ1) is 8.92. The lowest BCUT2D eigenvalue weighted by atomic mass is 10.0. The van der Waals surface area contributed by atoms with Crippen molar-refractivity contribution in [3.8, 4) is 5.75 Å². The van der Waals surface area contributed by atoms with Crippen LogP contribution >= 0.6 is 11.8 Å². The molecule has 19 heavy (non-hydrogen) atoms. The van der Waals surface area contributed by atoms with Crippen LogP contribution in [-0.2, 0) is 11.2 Å². The Morgan fingerprint density at radius 2 is 2.05 bits per heavy atom. The van der Waals surface area contributed by atoms with Crippen molar-refractivity contribution in [1.29, 1.82) is 0 Å². The van der Waals surface area contributed by atoms with Crippen LogP contribution in [0.5, 0.6) is 5.75 Å². The molecule has 1 aromatic rings. The van der Waals surface area contributed by atoms with Crippen molar-refractivity contribution in [2.45, 2.75) is 36.4 Å². The standard InChI is InChI=1S/C14H19NO3S/c1-14(2)12(13(16)17)15-11(19-14)8-9-4-6-10(18-3)7-5-9/h4-7,11-12,15H,8H2,1-3H3,(H,16,17). The summed E-state index contributed by atoms with van der Waals surface area (Å²) in [7, 11) is 1.64. The quantitative estimate of drug-likeness (QED) is 0.885. The van der Waals surface area contributed by atoms with Gasteiger partial charge < -0.3 is 9.84 Å². The molecule has 1 aromatic carbocycles. The molecule has 0 aliphatic carbocycles. The number of thioether (sulfide) groups is 1. The van der Waals surface area contributed by atoms with Crippen LogP contribution < -0.4 is 10.1 Å². The van der Waals surface area contributed by atoms with Gasteiger partial charge in [-0.3, -0.25) is 10.1 Å². The minimum Gasteiger partial charge on any atom is -0.497 e. The van der Waals surface area contributed by atoms with Crippen molar-refractivity contribution in [2.24, 2.45) is 0 Å². The Hall–Kier alpha value is -1.20. The third-order valence-corrected chi connectivity index (χ3v) is 4.75. The maximum Gasteiger partial charge on any atom is 0.322 e. The van der Waals surface area contributed by atoms with Gasteiger partial charge in [0.15, 0.2) is 0 Å². The lowest BCUT2D eigenvalue weighted by molar-refractivity contribution is -0.139. The number of ether oxygens (including phenoxy) is 1. The highest BCUT2D eigenvalue weighted by molar-refractivity contribution is 8.01. The Morgan fingerprint density at radius 1 is 1.42 bits per heavy atom.